The molecule has 0 saturated heterocycles. The van der Waals surface area contributed by atoms with Crippen molar-refractivity contribution in [1.29, 1.82) is 0 Å². The highest BCUT2D eigenvalue weighted by molar-refractivity contribution is 7.89. The van der Waals surface area contributed by atoms with E-state index in [1.807, 2.05) is 0 Å². The van der Waals surface area contributed by atoms with Gasteiger partial charge >= 0.3 is 0 Å². The van der Waals surface area contributed by atoms with E-state index in [9.17, 15) is 18.0 Å². The van der Waals surface area contributed by atoms with E-state index in [2.05, 4.69) is 4.72 Å². The Labute approximate surface area is 129 Å². The van der Waals surface area contributed by atoms with Crippen LogP contribution in [0.5, 0.6) is 0 Å². The lowest BCUT2D eigenvalue weighted by molar-refractivity contribution is 0.0693. The molecule has 0 spiro atoms. The molecule has 9 heteroatoms. The van der Waals surface area contributed by atoms with E-state index in [1.165, 1.54) is 25.2 Å². The van der Waals surface area contributed by atoms with Crippen LogP contribution < -0.4 is 10.5 Å². The van der Waals surface area contributed by atoms with Gasteiger partial charge in [0.05, 0.1) is 16.0 Å². The molecule has 1 aliphatic rings. The molecule has 1 heterocycles. The van der Waals surface area contributed by atoms with Gasteiger partial charge in [-0.05, 0) is 31.2 Å². The fraction of sp³-hybridized carbons (Fsp3) is 0.333. The topological polar surface area (TPSA) is 110 Å². The number of nitrogens with one attached hydrogen (secondary N) is 1. The van der Waals surface area contributed by atoms with Crippen LogP contribution in [0.2, 0.25) is 0 Å². The zero-order valence-electron chi connectivity index (χ0n) is 11.3. The SMILES string of the molecule is CN1C(=O)c2ccc(S(=O)(=O)NCCCN)cc2C1=O.Cl. The molecular weight excluding hydrogens is 318 g/mol. The average Bonchev–Trinajstić information content (AvgIpc) is 2.64. The number of carbonyl (C=O) groups is 2. The predicted molar refractivity (Wildman–Crippen MR) is 79.0 cm³/mol. The molecule has 0 unspecified atom stereocenters. The zero-order valence-corrected chi connectivity index (χ0v) is 13.0. The maximum absolute atomic E-state index is 12.0. The summed E-state index contributed by atoms with van der Waals surface area (Å²) in [6.45, 7) is 0.604. The van der Waals surface area contributed by atoms with Crippen molar-refractivity contribution in [2.45, 2.75) is 11.3 Å². The van der Waals surface area contributed by atoms with Crippen molar-refractivity contribution in [2.75, 3.05) is 20.1 Å². The Morgan fingerprint density at radius 3 is 2.43 bits per heavy atom. The Balaban J connectivity index is 0.00000220. The lowest BCUT2D eigenvalue weighted by Crippen LogP contribution is -2.26. The van der Waals surface area contributed by atoms with Gasteiger partial charge in [0, 0.05) is 13.6 Å². The Morgan fingerprint density at radius 1 is 1.19 bits per heavy atom. The number of benzene rings is 1. The summed E-state index contributed by atoms with van der Waals surface area (Å²) in [6.07, 6.45) is 0.518. The van der Waals surface area contributed by atoms with Crippen LogP contribution in [-0.2, 0) is 10.0 Å². The molecule has 2 amide bonds. The molecule has 3 N–H and O–H groups in total. The van der Waals surface area contributed by atoms with Gasteiger partial charge in [-0.3, -0.25) is 14.5 Å². The molecule has 1 aliphatic heterocycles. The first-order valence-electron chi connectivity index (χ1n) is 6.04. The van der Waals surface area contributed by atoms with Crippen LogP contribution in [0.4, 0.5) is 0 Å². The number of nitrogens with zero attached hydrogens (tertiary/aromatic N) is 1. The lowest BCUT2D eigenvalue weighted by atomic mass is 10.1. The molecule has 0 atom stereocenters. The Hall–Kier alpha value is -1.48. The fourth-order valence-corrected chi connectivity index (χ4v) is 3.00. The molecule has 0 fully saturated rings. The number of halogens is 1. The van der Waals surface area contributed by atoms with Crippen molar-refractivity contribution < 1.29 is 18.0 Å². The van der Waals surface area contributed by atoms with Gasteiger partial charge in [0.2, 0.25) is 10.0 Å². The lowest BCUT2D eigenvalue weighted by Gasteiger charge is -2.06. The van der Waals surface area contributed by atoms with Crippen LogP contribution in [0.25, 0.3) is 0 Å². The fourth-order valence-electron chi connectivity index (χ4n) is 1.90. The van der Waals surface area contributed by atoms with Crippen molar-refractivity contribution in [3.8, 4) is 0 Å². The number of nitrogens with two attached hydrogens (primary N) is 1. The van der Waals surface area contributed by atoms with Crippen LogP contribution in [0.3, 0.4) is 0 Å². The number of carbonyl (C=O) groups excluding carboxylic acids is 2. The van der Waals surface area contributed by atoms with Gasteiger partial charge in [-0.1, -0.05) is 0 Å². The Morgan fingerprint density at radius 2 is 1.81 bits per heavy atom. The summed E-state index contributed by atoms with van der Waals surface area (Å²) < 4.78 is 26.4. The van der Waals surface area contributed by atoms with Crippen molar-refractivity contribution in [3.05, 3.63) is 29.3 Å². The number of imide groups is 1. The summed E-state index contributed by atoms with van der Waals surface area (Å²) in [5.74, 6) is -0.922. The summed E-state index contributed by atoms with van der Waals surface area (Å²) in [6, 6.07) is 3.90. The molecule has 1 aromatic carbocycles. The summed E-state index contributed by atoms with van der Waals surface area (Å²) in [4.78, 5) is 24.4. The molecule has 0 aromatic heterocycles. The summed E-state index contributed by atoms with van der Waals surface area (Å²) >= 11 is 0. The second-order valence-electron chi connectivity index (χ2n) is 4.42. The molecule has 1 aromatic rings. The third-order valence-corrected chi connectivity index (χ3v) is 4.50. The maximum Gasteiger partial charge on any atom is 0.261 e. The number of hydrogen-bond donors (Lipinski definition) is 2. The van der Waals surface area contributed by atoms with Crippen molar-refractivity contribution in [1.82, 2.24) is 9.62 Å². The summed E-state index contributed by atoms with van der Waals surface area (Å²) in [5, 5.41) is 0. The molecular formula is C12H16ClN3O4S. The van der Waals surface area contributed by atoms with E-state index < -0.39 is 21.8 Å². The summed E-state index contributed by atoms with van der Waals surface area (Å²) in [7, 11) is -2.34. The van der Waals surface area contributed by atoms with Crippen molar-refractivity contribution >= 4 is 34.2 Å². The average molecular weight is 334 g/mol. The van der Waals surface area contributed by atoms with E-state index in [0.717, 1.165) is 4.90 Å². The highest BCUT2D eigenvalue weighted by Crippen LogP contribution is 2.24. The third-order valence-electron chi connectivity index (χ3n) is 3.04. The summed E-state index contributed by atoms with van der Waals surface area (Å²) in [5.41, 5.74) is 5.63. The van der Waals surface area contributed by atoms with E-state index in [-0.39, 0.29) is 35.0 Å². The monoisotopic (exact) mass is 333 g/mol. The van der Waals surface area contributed by atoms with Gasteiger partial charge in [0.1, 0.15) is 0 Å². The van der Waals surface area contributed by atoms with E-state index in [1.54, 1.807) is 0 Å². The largest absolute Gasteiger partial charge is 0.330 e. The molecule has 7 nitrogen and oxygen atoms in total. The number of fused-ring (bicyclic) bond motifs is 1. The molecule has 116 valence electrons. The van der Waals surface area contributed by atoms with Crippen LogP contribution >= 0.6 is 12.4 Å². The van der Waals surface area contributed by atoms with Gasteiger partial charge in [0.25, 0.3) is 11.8 Å². The first-order valence-corrected chi connectivity index (χ1v) is 7.53. The van der Waals surface area contributed by atoms with Gasteiger partial charge in [0.15, 0.2) is 0 Å². The van der Waals surface area contributed by atoms with E-state index >= 15 is 0 Å². The first-order chi connectivity index (χ1) is 9.38. The third kappa shape index (κ3) is 3.24. The Kier molecular flexibility index (Phi) is 5.46. The quantitative estimate of drug-likeness (QED) is 0.580. The minimum absolute atomic E-state index is 0. The smallest absolute Gasteiger partial charge is 0.261 e. The zero-order chi connectivity index (χ0) is 14.9. The normalized spacial score (nSPS) is 14.1. The number of hydrogen-bond acceptors (Lipinski definition) is 5. The number of amides is 2. The molecule has 0 bridgehead atoms. The predicted octanol–water partition coefficient (Wildman–Crippen LogP) is -0.0387. The van der Waals surface area contributed by atoms with Crippen molar-refractivity contribution in [3.63, 3.8) is 0 Å². The van der Waals surface area contributed by atoms with Crippen LogP contribution in [0.15, 0.2) is 23.1 Å². The second-order valence-corrected chi connectivity index (χ2v) is 6.18. The van der Waals surface area contributed by atoms with Gasteiger partial charge in [-0.2, -0.15) is 0 Å². The first kappa shape index (κ1) is 17.6. The standard InChI is InChI=1S/C12H15N3O4S.ClH/c1-15-11(16)9-4-3-8(7-10(9)12(15)17)20(18,19)14-6-2-5-13;/h3-4,7,14H,2,5-6,13H2,1H3;1H. The number of sulfonamides is 1. The van der Waals surface area contributed by atoms with Crippen LogP contribution in [0.1, 0.15) is 27.1 Å². The van der Waals surface area contributed by atoms with E-state index in [0.29, 0.717) is 13.0 Å². The van der Waals surface area contributed by atoms with Gasteiger partial charge < -0.3 is 5.73 Å². The van der Waals surface area contributed by atoms with Gasteiger partial charge in [-0.15, -0.1) is 12.4 Å². The molecule has 21 heavy (non-hydrogen) atoms. The molecule has 0 aliphatic carbocycles. The minimum atomic E-state index is -3.70. The van der Waals surface area contributed by atoms with Crippen LogP contribution in [0, 0.1) is 0 Å². The minimum Gasteiger partial charge on any atom is -0.330 e. The number of rotatable bonds is 5. The van der Waals surface area contributed by atoms with Crippen molar-refractivity contribution in [2.24, 2.45) is 5.73 Å². The highest BCUT2D eigenvalue weighted by Gasteiger charge is 2.33. The van der Waals surface area contributed by atoms with Gasteiger partial charge in [-0.25, -0.2) is 13.1 Å². The second kappa shape index (κ2) is 6.52. The highest BCUT2D eigenvalue weighted by atomic mass is 35.5. The Bertz CT molecular complexity index is 675. The van der Waals surface area contributed by atoms with E-state index in [4.69, 9.17) is 5.73 Å². The molecule has 2 rings (SSSR count). The molecule has 0 saturated carbocycles. The van der Waals surface area contributed by atoms with Crippen LogP contribution in [-0.4, -0.2) is 45.3 Å². The maximum atomic E-state index is 12.0. The molecule has 0 radical (unpaired) electrons.